The molecule has 0 heterocycles. The second-order valence-electron chi connectivity index (χ2n) is 2.83. The molecule has 0 bridgehead atoms. The van der Waals surface area contributed by atoms with Crippen molar-refractivity contribution in [2.75, 3.05) is 0 Å². The van der Waals surface area contributed by atoms with Gasteiger partial charge in [-0.15, -0.1) is 9.24 Å². The monoisotopic (exact) mass is 172 g/mol. The maximum atomic E-state index is 9.26. The van der Waals surface area contributed by atoms with Crippen LogP contribution in [0.2, 0.25) is 0 Å². The second-order valence-corrected chi connectivity index (χ2v) is 3.57. The largest absolute Gasteiger partial charge is 0.393 e. The molecular weight excluding hydrogens is 155 g/mol. The molecule has 1 nitrogen and oxygen atoms in total. The van der Waals surface area contributed by atoms with E-state index in [0.29, 0.717) is 0 Å². The molecule has 0 amide bonds. The highest BCUT2D eigenvalue weighted by molar-refractivity contribution is 7.22. The van der Waals surface area contributed by atoms with E-state index in [1.54, 1.807) is 0 Å². The molecule has 11 heavy (non-hydrogen) atoms. The van der Waals surface area contributed by atoms with Gasteiger partial charge >= 0.3 is 0 Å². The highest BCUT2D eigenvalue weighted by atomic mass is 31.0. The van der Waals surface area contributed by atoms with Gasteiger partial charge in [0.15, 0.2) is 0 Å². The van der Waals surface area contributed by atoms with E-state index in [2.05, 4.69) is 15.8 Å². The molecular formula is C9H17OP. The van der Waals surface area contributed by atoms with E-state index in [0.717, 1.165) is 23.7 Å². The molecule has 0 aromatic carbocycles. The van der Waals surface area contributed by atoms with Crippen molar-refractivity contribution in [1.82, 2.24) is 0 Å². The minimum atomic E-state index is -0.210. The maximum Gasteiger partial charge on any atom is 0.0578 e. The molecule has 0 aromatic rings. The SMILES string of the molecule is C=C(C)/C=C(/P)CC(O)CC. The Morgan fingerprint density at radius 3 is 2.64 bits per heavy atom. The normalized spacial score (nSPS) is 14.7. The van der Waals surface area contributed by atoms with Crippen LogP contribution in [0.15, 0.2) is 23.5 Å². The van der Waals surface area contributed by atoms with Crippen LogP contribution in [0.3, 0.4) is 0 Å². The van der Waals surface area contributed by atoms with E-state index in [1.807, 2.05) is 19.9 Å². The summed E-state index contributed by atoms with van der Waals surface area (Å²) in [6.45, 7) is 7.68. The standard InChI is InChI=1S/C9H17OP/c1-4-8(10)6-9(11)5-7(2)3/h5,8,10H,2,4,6,11H2,1,3H3/b9-5+. The molecule has 64 valence electrons. The Balaban J connectivity index is 3.85. The van der Waals surface area contributed by atoms with Gasteiger partial charge < -0.3 is 5.11 Å². The lowest BCUT2D eigenvalue weighted by Crippen LogP contribution is -2.03. The van der Waals surface area contributed by atoms with Gasteiger partial charge in [-0.25, -0.2) is 0 Å². The lowest BCUT2D eigenvalue weighted by molar-refractivity contribution is 0.173. The first-order chi connectivity index (χ1) is 5.06. The minimum Gasteiger partial charge on any atom is -0.393 e. The van der Waals surface area contributed by atoms with Gasteiger partial charge in [0, 0.05) is 0 Å². The molecule has 0 aliphatic rings. The summed E-state index contributed by atoms with van der Waals surface area (Å²) in [5.41, 5.74) is 1.03. The molecule has 0 aromatic heterocycles. The van der Waals surface area contributed by atoms with Crippen molar-refractivity contribution in [3.05, 3.63) is 23.5 Å². The highest BCUT2D eigenvalue weighted by Gasteiger charge is 2.00. The van der Waals surface area contributed by atoms with Crippen LogP contribution in [0, 0.1) is 0 Å². The zero-order chi connectivity index (χ0) is 8.85. The summed E-state index contributed by atoms with van der Waals surface area (Å²) in [4.78, 5) is 0. The van der Waals surface area contributed by atoms with Crippen molar-refractivity contribution < 1.29 is 5.11 Å². The van der Waals surface area contributed by atoms with Gasteiger partial charge in [0.05, 0.1) is 6.10 Å². The summed E-state index contributed by atoms with van der Waals surface area (Å²) in [5, 5.41) is 10.4. The molecule has 0 spiro atoms. The number of rotatable bonds is 4. The summed E-state index contributed by atoms with van der Waals surface area (Å²) in [6.07, 6.45) is 3.30. The van der Waals surface area contributed by atoms with Crippen LogP contribution in [0.4, 0.5) is 0 Å². The Morgan fingerprint density at radius 1 is 1.73 bits per heavy atom. The molecule has 2 atom stereocenters. The van der Waals surface area contributed by atoms with E-state index in [1.165, 1.54) is 0 Å². The number of hydrogen-bond acceptors (Lipinski definition) is 1. The van der Waals surface area contributed by atoms with Crippen LogP contribution in [-0.4, -0.2) is 11.2 Å². The van der Waals surface area contributed by atoms with Crippen molar-refractivity contribution in [3.63, 3.8) is 0 Å². The number of aliphatic hydroxyl groups excluding tert-OH is 1. The first-order valence-electron chi connectivity index (χ1n) is 3.85. The van der Waals surface area contributed by atoms with Crippen molar-refractivity contribution in [2.24, 2.45) is 0 Å². The van der Waals surface area contributed by atoms with E-state index in [9.17, 15) is 5.11 Å². The lowest BCUT2D eigenvalue weighted by Gasteiger charge is -2.06. The van der Waals surface area contributed by atoms with E-state index < -0.39 is 0 Å². The molecule has 0 saturated carbocycles. The quantitative estimate of drug-likeness (QED) is 0.510. The van der Waals surface area contributed by atoms with Crippen molar-refractivity contribution in [1.29, 1.82) is 0 Å². The van der Waals surface area contributed by atoms with E-state index >= 15 is 0 Å². The number of allylic oxidation sites excluding steroid dienone is 2. The molecule has 0 fully saturated rings. The van der Waals surface area contributed by atoms with Crippen LogP contribution in [0.1, 0.15) is 26.7 Å². The zero-order valence-electron chi connectivity index (χ0n) is 7.30. The predicted octanol–water partition coefficient (Wildman–Crippen LogP) is 2.48. The van der Waals surface area contributed by atoms with Crippen LogP contribution in [-0.2, 0) is 0 Å². The first-order valence-corrected chi connectivity index (χ1v) is 4.43. The molecule has 2 heteroatoms. The van der Waals surface area contributed by atoms with E-state index in [-0.39, 0.29) is 6.10 Å². The van der Waals surface area contributed by atoms with Crippen molar-refractivity contribution >= 4 is 9.24 Å². The Labute approximate surface area is 71.4 Å². The minimum absolute atomic E-state index is 0.210. The van der Waals surface area contributed by atoms with Gasteiger partial charge in [-0.1, -0.05) is 25.2 Å². The second kappa shape index (κ2) is 5.51. The summed E-state index contributed by atoms with van der Waals surface area (Å²) in [6, 6.07) is 0. The van der Waals surface area contributed by atoms with Crippen LogP contribution < -0.4 is 0 Å². The van der Waals surface area contributed by atoms with Gasteiger partial charge in [-0.3, -0.25) is 0 Å². The fraction of sp³-hybridized carbons (Fsp3) is 0.556. The average Bonchev–Trinajstić information content (AvgIpc) is 1.85. The molecule has 0 aliphatic heterocycles. The van der Waals surface area contributed by atoms with Crippen LogP contribution >= 0.6 is 9.24 Å². The smallest absolute Gasteiger partial charge is 0.0578 e. The third-order valence-corrected chi connectivity index (χ3v) is 1.78. The zero-order valence-corrected chi connectivity index (χ0v) is 8.46. The van der Waals surface area contributed by atoms with Crippen LogP contribution in [0.5, 0.6) is 0 Å². The van der Waals surface area contributed by atoms with Gasteiger partial charge in [0.25, 0.3) is 0 Å². The lowest BCUT2D eigenvalue weighted by atomic mass is 10.2. The van der Waals surface area contributed by atoms with E-state index in [4.69, 9.17) is 0 Å². The van der Waals surface area contributed by atoms with Gasteiger partial charge in [-0.2, -0.15) is 0 Å². The third-order valence-electron chi connectivity index (χ3n) is 1.37. The molecule has 0 rings (SSSR count). The molecule has 2 unspecified atom stereocenters. The molecule has 0 aliphatic carbocycles. The van der Waals surface area contributed by atoms with Gasteiger partial charge in [0.2, 0.25) is 0 Å². The van der Waals surface area contributed by atoms with Gasteiger partial charge in [-0.05, 0) is 25.1 Å². The van der Waals surface area contributed by atoms with Gasteiger partial charge in [0.1, 0.15) is 0 Å². The summed E-state index contributed by atoms with van der Waals surface area (Å²) < 4.78 is 0. The summed E-state index contributed by atoms with van der Waals surface area (Å²) >= 11 is 0. The Morgan fingerprint density at radius 2 is 2.27 bits per heavy atom. The molecule has 0 radical (unpaired) electrons. The topological polar surface area (TPSA) is 20.2 Å². The van der Waals surface area contributed by atoms with Crippen molar-refractivity contribution in [2.45, 2.75) is 32.8 Å². The van der Waals surface area contributed by atoms with Crippen molar-refractivity contribution in [3.8, 4) is 0 Å². The average molecular weight is 172 g/mol. The summed E-state index contributed by atoms with van der Waals surface area (Å²) in [5.74, 6) is 0. The molecule has 1 N–H and O–H groups in total. The number of hydrogen-bond donors (Lipinski definition) is 1. The predicted molar refractivity (Wildman–Crippen MR) is 53.5 cm³/mol. The summed E-state index contributed by atoms with van der Waals surface area (Å²) in [7, 11) is 2.62. The Hall–Kier alpha value is -0.130. The Bertz CT molecular complexity index is 161. The third kappa shape index (κ3) is 6.28. The fourth-order valence-corrected chi connectivity index (χ4v) is 1.35. The van der Waals surface area contributed by atoms with Crippen LogP contribution in [0.25, 0.3) is 0 Å². The Kier molecular flexibility index (Phi) is 5.45. The fourth-order valence-electron chi connectivity index (χ4n) is 0.792. The number of aliphatic hydroxyl groups is 1. The highest BCUT2D eigenvalue weighted by Crippen LogP contribution is 2.16. The molecule has 0 saturated heterocycles. The first kappa shape index (κ1) is 10.9. The maximum absolute atomic E-state index is 9.26.